The zero-order valence-electron chi connectivity index (χ0n) is 18.1. The fourth-order valence-electron chi connectivity index (χ4n) is 3.11. The van der Waals surface area contributed by atoms with E-state index in [0.29, 0.717) is 28.9 Å². The molecule has 0 saturated heterocycles. The summed E-state index contributed by atoms with van der Waals surface area (Å²) in [6.07, 6.45) is 3.05. The SMILES string of the molecule is COc1cc(/C=C/C(=O)Oc2cc(C)c(Cl)c(C)c2)ccc1OCc1ccccc1C. The van der Waals surface area contributed by atoms with Crippen LogP contribution < -0.4 is 14.2 Å². The number of carbonyl (C=O) groups excluding carboxylic acids is 1. The highest BCUT2D eigenvalue weighted by Crippen LogP contribution is 2.30. The van der Waals surface area contributed by atoms with Crippen LogP contribution in [0, 0.1) is 20.8 Å². The number of hydrogen-bond acceptors (Lipinski definition) is 4. The Labute approximate surface area is 188 Å². The van der Waals surface area contributed by atoms with Gasteiger partial charge in [-0.15, -0.1) is 0 Å². The van der Waals surface area contributed by atoms with Crippen molar-refractivity contribution in [3.05, 3.63) is 93.5 Å². The molecule has 31 heavy (non-hydrogen) atoms. The van der Waals surface area contributed by atoms with Crippen molar-refractivity contribution in [2.75, 3.05) is 7.11 Å². The van der Waals surface area contributed by atoms with Gasteiger partial charge in [0.25, 0.3) is 0 Å². The van der Waals surface area contributed by atoms with Crippen molar-refractivity contribution < 1.29 is 19.0 Å². The third-order valence-corrected chi connectivity index (χ3v) is 5.47. The van der Waals surface area contributed by atoms with Gasteiger partial charge in [0.05, 0.1) is 7.11 Å². The Bertz CT molecular complexity index is 1100. The summed E-state index contributed by atoms with van der Waals surface area (Å²) in [5.74, 6) is 1.22. The van der Waals surface area contributed by atoms with Gasteiger partial charge in [0.2, 0.25) is 0 Å². The third-order valence-electron chi connectivity index (χ3n) is 4.87. The Hall–Kier alpha value is -3.24. The molecule has 0 aliphatic carbocycles. The van der Waals surface area contributed by atoms with Gasteiger partial charge in [0.1, 0.15) is 12.4 Å². The molecule has 3 aromatic rings. The van der Waals surface area contributed by atoms with Crippen LogP contribution >= 0.6 is 11.6 Å². The molecule has 0 aliphatic heterocycles. The molecular weight excluding hydrogens is 412 g/mol. The van der Waals surface area contributed by atoms with E-state index in [1.807, 2.05) is 50.2 Å². The van der Waals surface area contributed by atoms with Crippen molar-refractivity contribution in [1.29, 1.82) is 0 Å². The maximum atomic E-state index is 12.2. The molecule has 0 heterocycles. The molecule has 0 N–H and O–H groups in total. The first-order valence-electron chi connectivity index (χ1n) is 9.89. The molecule has 3 rings (SSSR count). The molecule has 5 heteroatoms. The summed E-state index contributed by atoms with van der Waals surface area (Å²) in [5.41, 5.74) is 4.80. The summed E-state index contributed by atoms with van der Waals surface area (Å²) < 4.78 is 16.8. The topological polar surface area (TPSA) is 44.8 Å². The van der Waals surface area contributed by atoms with Gasteiger partial charge in [-0.05, 0) is 78.9 Å². The monoisotopic (exact) mass is 436 g/mol. The smallest absolute Gasteiger partial charge is 0.336 e. The first-order valence-corrected chi connectivity index (χ1v) is 10.3. The fourth-order valence-corrected chi connectivity index (χ4v) is 3.22. The van der Waals surface area contributed by atoms with Crippen LogP contribution in [0.2, 0.25) is 5.02 Å². The molecule has 4 nitrogen and oxygen atoms in total. The molecular formula is C26H25ClO4. The summed E-state index contributed by atoms with van der Waals surface area (Å²) >= 11 is 6.16. The van der Waals surface area contributed by atoms with Crippen molar-refractivity contribution in [1.82, 2.24) is 0 Å². The van der Waals surface area contributed by atoms with Crippen LogP contribution in [0.3, 0.4) is 0 Å². The average molecular weight is 437 g/mol. The van der Waals surface area contributed by atoms with E-state index in [4.69, 9.17) is 25.8 Å². The van der Waals surface area contributed by atoms with Crippen LogP contribution in [0.1, 0.15) is 27.8 Å². The highest BCUT2D eigenvalue weighted by molar-refractivity contribution is 6.32. The number of aryl methyl sites for hydroxylation is 3. The lowest BCUT2D eigenvalue weighted by atomic mass is 10.1. The molecule has 0 saturated carbocycles. The number of benzene rings is 3. The molecule has 0 amide bonds. The molecule has 0 atom stereocenters. The van der Waals surface area contributed by atoms with Crippen LogP contribution in [0.5, 0.6) is 17.2 Å². The van der Waals surface area contributed by atoms with Gasteiger partial charge >= 0.3 is 5.97 Å². The Morgan fingerprint density at radius 3 is 2.32 bits per heavy atom. The summed E-state index contributed by atoms with van der Waals surface area (Å²) in [4.78, 5) is 12.2. The van der Waals surface area contributed by atoms with Crippen LogP contribution in [0.15, 0.2) is 60.7 Å². The highest BCUT2D eigenvalue weighted by atomic mass is 35.5. The molecule has 0 aliphatic rings. The fraction of sp³-hybridized carbons (Fsp3) is 0.192. The summed E-state index contributed by atoms with van der Waals surface area (Å²) in [6, 6.07) is 17.1. The summed E-state index contributed by atoms with van der Waals surface area (Å²) in [5, 5.41) is 0.673. The molecule has 3 aromatic carbocycles. The minimum Gasteiger partial charge on any atom is -0.493 e. The maximum absolute atomic E-state index is 12.2. The van der Waals surface area contributed by atoms with Crippen molar-refractivity contribution in [3.63, 3.8) is 0 Å². The predicted molar refractivity (Wildman–Crippen MR) is 124 cm³/mol. The zero-order valence-corrected chi connectivity index (χ0v) is 18.8. The maximum Gasteiger partial charge on any atom is 0.336 e. The minimum atomic E-state index is -0.472. The third kappa shape index (κ3) is 5.89. The lowest BCUT2D eigenvalue weighted by Gasteiger charge is -2.12. The van der Waals surface area contributed by atoms with Gasteiger partial charge in [0, 0.05) is 11.1 Å². The number of esters is 1. The van der Waals surface area contributed by atoms with Crippen molar-refractivity contribution >= 4 is 23.6 Å². The molecule has 0 radical (unpaired) electrons. The van der Waals surface area contributed by atoms with E-state index in [-0.39, 0.29) is 0 Å². The number of rotatable bonds is 7. The van der Waals surface area contributed by atoms with E-state index in [1.165, 1.54) is 11.6 Å². The lowest BCUT2D eigenvalue weighted by Crippen LogP contribution is -2.04. The van der Waals surface area contributed by atoms with E-state index in [9.17, 15) is 4.79 Å². The molecule has 160 valence electrons. The van der Waals surface area contributed by atoms with Gasteiger partial charge in [0.15, 0.2) is 11.5 Å². The van der Waals surface area contributed by atoms with Crippen LogP contribution in [-0.2, 0) is 11.4 Å². The molecule has 0 aromatic heterocycles. The predicted octanol–water partition coefficient (Wildman–Crippen LogP) is 6.47. The average Bonchev–Trinajstić information content (AvgIpc) is 2.75. The van der Waals surface area contributed by atoms with E-state index < -0.39 is 5.97 Å². The standard InChI is InChI=1S/C26H25ClO4/c1-17-7-5-6-8-21(17)16-30-23-11-9-20(15-24(23)29-4)10-12-25(28)31-22-13-18(2)26(27)19(3)14-22/h5-15H,16H2,1-4H3/b12-10+. The van der Waals surface area contributed by atoms with Crippen molar-refractivity contribution in [2.45, 2.75) is 27.4 Å². The number of halogens is 1. The first kappa shape index (κ1) is 22.4. The zero-order chi connectivity index (χ0) is 22.4. The second-order valence-corrected chi connectivity index (χ2v) is 7.63. The molecule has 0 fully saturated rings. The Kier molecular flexibility index (Phi) is 7.37. The van der Waals surface area contributed by atoms with E-state index in [0.717, 1.165) is 22.3 Å². The number of methoxy groups -OCH3 is 1. The van der Waals surface area contributed by atoms with Gasteiger partial charge in [-0.3, -0.25) is 0 Å². The van der Waals surface area contributed by atoms with Gasteiger partial charge in [-0.2, -0.15) is 0 Å². The second kappa shape index (κ2) is 10.2. The van der Waals surface area contributed by atoms with Crippen LogP contribution in [0.4, 0.5) is 0 Å². The van der Waals surface area contributed by atoms with E-state index >= 15 is 0 Å². The van der Waals surface area contributed by atoms with Crippen LogP contribution in [-0.4, -0.2) is 13.1 Å². The largest absolute Gasteiger partial charge is 0.493 e. The number of ether oxygens (including phenoxy) is 3. The van der Waals surface area contributed by atoms with E-state index in [1.54, 1.807) is 25.3 Å². The number of hydrogen-bond donors (Lipinski definition) is 0. The lowest BCUT2D eigenvalue weighted by molar-refractivity contribution is -0.128. The normalized spacial score (nSPS) is 10.9. The molecule has 0 spiro atoms. The quantitative estimate of drug-likeness (QED) is 0.242. The minimum absolute atomic E-state index is 0.449. The Morgan fingerprint density at radius 1 is 0.935 bits per heavy atom. The van der Waals surface area contributed by atoms with Gasteiger partial charge < -0.3 is 14.2 Å². The van der Waals surface area contributed by atoms with Crippen molar-refractivity contribution in [2.24, 2.45) is 0 Å². The first-order chi connectivity index (χ1) is 14.9. The van der Waals surface area contributed by atoms with Gasteiger partial charge in [-0.1, -0.05) is 41.9 Å². The van der Waals surface area contributed by atoms with E-state index in [2.05, 4.69) is 13.0 Å². The van der Waals surface area contributed by atoms with Crippen molar-refractivity contribution in [3.8, 4) is 17.2 Å². The number of carbonyl (C=O) groups is 1. The Balaban J connectivity index is 1.67. The second-order valence-electron chi connectivity index (χ2n) is 7.25. The molecule has 0 bridgehead atoms. The summed E-state index contributed by atoms with van der Waals surface area (Å²) in [6.45, 7) is 6.25. The van der Waals surface area contributed by atoms with Gasteiger partial charge in [-0.25, -0.2) is 4.79 Å². The Morgan fingerprint density at radius 2 is 1.65 bits per heavy atom. The molecule has 0 unspecified atom stereocenters. The summed E-state index contributed by atoms with van der Waals surface area (Å²) in [7, 11) is 1.59. The van der Waals surface area contributed by atoms with Crippen LogP contribution in [0.25, 0.3) is 6.08 Å². The highest BCUT2D eigenvalue weighted by Gasteiger charge is 2.08.